The summed E-state index contributed by atoms with van der Waals surface area (Å²) in [6.45, 7) is 5.28. The van der Waals surface area contributed by atoms with Crippen molar-refractivity contribution >= 4 is 10.9 Å². The minimum absolute atomic E-state index is 0.192. The first-order valence-corrected chi connectivity index (χ1v) is 6.55. The summed E-state index contributed by atoms with van der Waals surface area (Å²) in [5, 5.41) is 10.8. The lowest BCUT2D eigenvalue weighted by Crippen LogP contribution is -2.56. The number of benzene rings is 1. The number of para-hydroxylation sites is 1. The molecule has 3 heteroatoms. The van der Waals surface area contributed by atoms with E-state index in [0.29, 0.717) is 13.2 Å². The second kappa shape index (κ2) is 3.85. The molecule has 1 aliphatic heterocycles. The molecule has 3 nitrogen and oxygen atoms in total. The quantitative estimate of drug-likeness (QED) is 0.826. The van der Waals surface area contributed by atoms with Crippen LogP contribution in [0.1, 0.15) is 19.4 Å². The number of fused-ring (bicyclic) bond motifs is 1. The molecule has 1 fully saturated rings. The number of aryl methyl sites for hydroxylation is 1. The summed E-state index contributed by atoms with van der Waals surface area (Å²) < 4.78 is 7.62. The molecule has 0 radical (unpaired) electrons. The van der Waals surface area contributed by atoms with Crippen LogP contribution in [-0.2, 0) is 17.2 Å². The lowest BCUT2D eigenvalue weighted by Gasteiger charge is -2.49. The van der Waals surface area contributed by atoms with Crippen LogP contribution in [0.5, 0.6) is 0 Å². The number of hydrogen-bond donors (Lipinski definition) is 0. The van der Waals surface area contributed by atoms with Gasteiger partial charge in [0, 0.05) is 24.1 Å². The van der Waals surface area contributed by atoms with E-state index in [0.717, 1.165) is 0 Å². The maximum atomic E-state index is 9.52. The Morgan fingerprint density at radius 2 is 2.00 bits per heavy atom. The van der Waals surface area contributed by atoms with Crippen LogP contribution >= 0.6 is 0 Å². The van der Waals surface area contributed by atoms with Crippen molar-refractivity contribution in [3.05, 3.63) is 36.0 Å². The van der Waals surface area contributed by atoms with Crippen molar-refractivity contribution in [1.82, 2.24) is 4.57 Å². The molecule has 19 heavy (non-hydrogen) atoms. The van der Waals surface area contributed by atoms with Gasteiger partial charge in [-0.2, -0.15) is 5.26 Å². The Kier molecular flexibility index (Phi) is 2.48. The summed E-state index contributed by atoms with van der Waals surface area (Å²) in [5.74, 6) is 0. The van der Waals surface area contributed by atoms with E-state index >= 15 is 0 Å². The largest absolute Gasteiger partial charge is 0.379 e. The Hall–Kier alpha value is -1.79. The molecular formula is C16H18N2O. The van der Waals surface area contributed by atoms with Gasteiger partial charge in [-0.15, -0.1) is 0 Å². The van der Waals surface area contributed by atoms with Gasteiger partial charge in [0.05, 0.1) is 30.1 Å². The molecule has 0 N–H and O–H groups in total. The molecule has 1 saturated heterocycles. The first-order chi connectivity index (χ1) is 9.02. The Balaban J connectivity index is 2.27. The Morgan fingerprint density at radius 3 is 2.58 bits per heavy atom. The van der Waals surface area contributed by atoms with Crippen LogP contribution in [0.4, 0.5) is 0 Å². The average Bonchev–Trinajstić information content (AvgIpc) is 2.66. The van der Waals surface area contributed by atoms with E-state index in [9.17, 15) is 5.26 Å². The molecule has 1 aromatic heterocycles. The normalized spacial score (nSPS) is 18.0. The SMILES string of the molecule is Cn1cc(C2(C(C)(C)C#N)COC2)c2ccccc21. The topological polar surface area (TPSA) is 38.0 Å². The maximum absolute atomic E-state index is 9.52. The first kappa shape index (κ1) is 12.3. The lowest BCUT2D eigenvalue weighted by molar-refractivity contribution is -0.102. The zero-order chi connectivity index (χ0) is 13.7. The highest BCUT2D eigenvalue weighted by molar-refractivity contribution is 5.85. The summed E-state index contributed by atoms with van der Waals surface area (Å²) in [6, 6.07) is 10.8. The van der Waals surface area contributed by atoms with Gasteiger partial charge in [-0.3, -0.25) is 0 Å². The predicted molar refractivity (Wildman–Crippen MR) is 74.8 cm³/mol. The van der Waals surface area contributed by atoms with Crippen LogP contribution in [0.25, 0.3) is 10.9 Å². The Labute approximate surface area is 113 Å². The average molecular weight is 254 g/mol. The molecule has 0 atom stereocenters. The predicted octanol–water partition coefficient (Wildman–Crippen LogP) is 3.00. The van der Waals surface area contributed by atoms with Crippen LogP contribution in [0.15, 0.2) is 30.5 Å². The highest BCUT2D eigenvalue weighted by Crippen LogP contribution is 2.49. The molecule has 0 amide bonds. The van der Waals surface area contributed by atoms with Crippen LogP contribution in [0.3, 0.4) is 0 Å². The zero-order valence-corrected chi connectivity index (χ0v) is 11.6. The number of rotatable bonds is 2. The number of nitrogens with zero attached hydrogens (tertiary/aromatic N) is 2. The van der Waals surface area contributed by atoms with Crippen LogP contribution in [0, 0.1) is 16.7 Å². The van der Waals surface area contributed by atoms with Gasteiger partial charge in [-0.05, 0) is 25.5 Å². The molecule has 0 aliphatic carbocycles. The fraction of sp³-hybridized carbons (Fsp3) is 0.438. The fourth-order valence-electron chi connectivity index (χ4n) is 2.99. The molecule has 0 bridgehead atoms. The van der Waals surface area contributed by atoms with E-state index in [1.54, 1.807) is 0 Å². The van der Waals surface area contributed by atoms with Crippen molar-refractivity contribution in [2.24, 2.45) is 12.5 Å². The number of nitriles is 1. The zero-order valence-electron chi connectivity index (χ0n) is 11.6. The van der Waals surface area contributed by atoms with E-state index in [1.165, 1.54) is 16.5 Å². The third-order valence-electron chi connectivity index (χ3n) is 4.59. The standard InChI is InChI=1S/C16H18N2O/c1-15(2,9-17)16(10-19-11-16)13-8-18(3)14-7-5-4-6-12(13)14/h4-8H,10-11H2,1-3H3. The highest BCUT2D eigenvalue weighted by atomic mass is 16.5. The van der Waals surface area contributed by atoms with Crippen molar-refractivity contribution in [3.8, 4) is 6.07 Å². The van der Waals surface area contributed by atoms with E-state index in [2.05, 4.69) is 42.1 Å². The molecule has 0 spiro atoms. The minimum atomic E-state index is -0.435. The second-order valence-electron chi connectivity index (χ2n) is 5.98. The van der Waals surface area contributed by atoms with E-state index in [-0.39, 0.29) is 5.41 Å². The van der Waals surface area contributed by atoms with E-state index in [1.807, 2.05) is 19.9 Å². The monoisotopic (exact) mass is 254 g/mol. The van der Waals surface area contributed by atoms with Crippen molar-refractivity contribution < 1.29 is 4.74 Å². The summed E-state index contributed by atoms with van der Waals surface area (Å²) in [4.78, 5) is 0. The van der Waals surface area contributed by atoms with Crippen molar-refractivity contribution in [2.75, 3.05) is 13.2 Å². The van der Waals surface area contributed by atoms with Crippen LogP contribution < -0.4 is 0 Å². The summed E-state index contributed by atoms with van der Waals surface area (Å²) in [6.07, 6.45) is 2.16. The smallest absolute Gasteiger partial charge is 0.0695 e. The molecule has 3 rings (SSSR count). The Bertz CT molecular complexity index is 672. The molecule has 1 aliphatic rings. The van der Waals surface area contributed by atoms with Crippen LogP contribution in [-0.4, -0.2) is 17.8 Å². The molecule has 2 aromatic rings. The molecular weight excluding hydrogens is 236 g/mol. The second-order valence-corrected chi connectivity index (χ2v) is 5.98. The molecule has 0 unspecified atom stereocenters. The van der Waals surface area contributed by atoms with Gasteiger partial charge in [-0.1, -0.05) is 18.2 Å². The summed E-state index contributed by atoms with van der Waals surface area (Å²) in [5.41, 5.74) is 1.82. The summed E-state index contributed by atoms with van der Waals surface area (Å²) in [7, 11) is 2.05. The maximum Gasteiger partial charge on any atom is 0.0695 e. The van der Waals surface area contributed by atoms with E-state index < -0.39 is 5.41 Å². The van der Waals surface area contributed by atoms with Crippen molar-refractivity contribution in [1.29, 1.82) is 5.26 Å². The molecule has 1 aromatic carbocycles. The van der Waals surface area contributed by atoms with Gasteiger partial charge in [0.2, 0.25) is 0 Å². The van der Waals surface area contributed by atoms with Gasteiger partial charge in [0.15, 0.2) is 0 Å². The number of ether oxygens (including phenoxy) is 1. The highest BCUT2D eigenvalue weighted by Gasteiger charge is 2.53. The fourth-order valence-corrected chi connectivity index (χ4v) is 2.99. The summed E-state index contributed by atoms with van der Waals surface area (Å²) >= 11 is 0. The number of hydrogen-bond acceptors (Lipinski definition) is 2. The van der Waals surface area contributed by atoms with Gasteiger partial charge >= 0.3 is 0 Å². The van der Waals surface area contributed by atoms with Gasteiger partial charge in [0.25, 0.3) is 0 Å². The van der Waals surface area contributed by atoms with Crippen molar-refractivity contribution in [2.45, 2.75) is 19.3 Å². The molecule has 0 saturated carbocycles. The third-order valence-corrected chi connectivity index (χ3v) is 4.59. The van der Waals surface area contributed by atoms with Crippen LogP contribution in [0.2, 0.25) is 0 Å². The lowest BCUT2D eigenvalue weighted by atomic mass is 9.61. The minimum Gasteiger partial charge on any atom is -0.379 e. The first-order valence-electron chi connectivity index (χ1n) is 6.55. The number of aromatic nitrogens is 1. The Morgan fingerprint density at radius 1 is 1.32 bits per heavy atom. The van der Waals surface area contributed by atoms with Gasteiger partial charge in [-0.25, -0.2) is 0 Å². The molecule has 98 valence electrons. The molecule has 2 heterocycles. The van der Waals surface area contributed by atoms with Gasteiger partial charge < -0.3 is 9.30 Å². The van der Waals surface area contributed by atoms with Crippen molar-refractivity contribution in [3.63, 3.8) is 0 Å². The van der Waals surface area contributed by atoms with Gasteiger partial charge in [0.1, 0.15) is 0 Å². The van der Waals surface area contributed by atoms with E-state index in [4.69, 9.17) is 4.74 Å². The third kappa shape index (κ3) is 1.47.